The third kappa shape index (κ3) is 4.11. The van der Waals surface area contributed by atoms with E-state index in [4.69, 9.17) is 0 Å². The zero-order chi connectivity index (χ0) is 11.1. The first-order valence-electron chi connectivity index (χ1n) is 5.50. The Bertz CT molecular complexity index is 340. The standard InChI is InChI=1S/C14H18O/c1-3-4-7-13-8-5-10-14(12(2)15)11-6-9-13/h5-6,8-11H,3-4,7H2,1-2H3/b8-5-,9-6?,10-5?,11-6-,13-8?,13-9-,14-10+,14-11?. The van der Waals surface area contributed by atoms with Crippen LogP contribution in [-0.2, 0) is 4.79 Å². The van der Waals surface area contributed by atoms with Crippen LogP contribution in [-0.4, -0.2) is 5.78 Å². The van der Waals surface area contributed by atoms with Crippen LogP contribution in [0.3, 0.4) is 0 Å². The van der Waals surface area contributed by atoms with E-state index in [0.29, 0.717) is 0 Å². The molecule has 15 heavy (non-hydrogen) atoms. The van der Waals surface area contributed by atoms with E-state index in [-0.39, 0.29) is 5.78 Å². The van der Waals surface area contributed by atoms with E-state index in [1.165, 1.54) is 18.4 Å². The normalized spacial score (nSPS) is 26.5. The van der Waals surface area contributed by atoms with E-state index in [1.54, 1.807) is 6.92 Å². The lowest BCUT2D eigenvalue weighted by Crippen LogP contribution is -1.93. The number of allylic oxidation sites excluding steroid dienone is 8. The van der Waals surface area contributed by atoms with Gasteiger partial charge in [0.15, 0.2) is 5.78 Å². The van der Waals surface area contributed by atoms with Gasteiger partial charge in [-0.2, -0.15) is 0 Å². The number of carbonyl (C=O) groups is 1. The molecule has 0 fully saturated rings. The predicted octanol–water partition coefficient (Wildman–Crippen LogP) is 3.74. The van der Waals surface area contributed by atoms with Crippen LogP contribution in [0.5, 0.6) is 0 Å². The van der Waals surface area contributed by atoms with Crippen LogP contribution in [0, 0.1) is 0 Å². The van der Waals surface area contributed by atoms with Crippen LogP contribution in [0.4, 0.5) is 0 Å². The number of ketones is 1. The van der Waals surface area contributed by atoms with Crippen molar-refractivity contribution in [2.24, 2.45) is 0 Å². The Morgan fingerprint density at radius 3 is 2.60 bits per heavy atom. The lowest BCUT2D eigenvalue weighted by molar-refractivity contribution is -0.113. The molecule has 0 saturated carbocycles. The molecule has 0 spiro atoms. The third-order valence-corrected chi connectivity index (χ3v) is 2.40. The minimum absolute atomic E-state index is 0.112. The van der Waals surface area contributed by atoms with Crippen molar-refractivity contribution in [1.82, 2.24) is 0 Å². The fourth-order valence-electron chi connectivity index (χ4n) is 1.44. The molecule has 1 aliphatic rings. The van der Waals surface area contributed by atoms with Crippen molar-refractivity contribution in [1.29, 1.82) is 0 Å². The molecule has 0 aromatic carbocycles. The first-order valence-corrected chi connectivity index (χ1v) is 5.50. The maximum atomic E-state index is 11.1. The molecule has 0 bridgehead atoms. The maximum Gasteiger partial charge on any atom is 0.159 e. The molecular weight excluding hydrogens is 184 g/mol. The largest absolute Gasteiger partial charge is 0.295 e. The van der Waals surface area contributed by atoms with Gasteiger partial charge in [-0.3, -0.25) is 4.79 Å². The predicted molar refractivity (Wildman–Crippen MR) is 64.7 cm³/mol. The average molecular weight is 202 g/mol. The van der Waals surface area contributed by atoms with Crippen molar-refractivity contribution in [3.05, 3.63) is 47.6 Å². The van der Waals surface area contributed by atoms with Gasteiger partial charge in [-0.25, -0.2) is 0 Å². The Morgan fingerprint density at radius 1 is 1.20 bits per heavy atom. The monoisotopic (exact) mass is 202 g/mol. The number of unbranched alkanes of at least 4 members (excludes halogenated alkanes) is 1. The first-order chi connectivity index (χ1) is 7.24. The van der Waals surface area contributed by atoms with Gasteiger partial charge in [0.05, 0.1) is 0 Å². The van der Waals surface area contributed by atoms with Crippen LogP contribution in [0.1, 0.15) is 33.1 Å². The molecular formula is C14H18O. The molecule has 1 heteroatoms. The van der Waals surface area contributed by atoms with Crippen molar-refractivity contribution < 1.29 is 4.79 Å². The highest BCUT2D eigenvalue weighted by atomic mass is 16.1. The van der Waals surface area contributed by atoms with Gasteiger partial charge in [-0.1, -0.05) is 49.8 Å². The van der Waals surface area contributed by atoms with Crippen LogP contribution in [0.15, 0.2) is 47.6 Å². The number of Topliss-reactive ketones (excluding diaryl/α,β-unsaturated/α-hetero) is 1. The zero-order valence-corrected chi connectivity index (χ0v) is 9.49. The maximum absolute atomic E-state index is 11.1. The van der Waals surface area contributed by atoms with Crippen LogP contribution < -0.4 is 0 Å². The minimum atomic E-state index is 0.112. The molecule has 0 atom stereocenters. The second kappa shape index (κ2) is 6.18. The molecule has 0 aromatic rings. The van der Waals surface area contributed by atoms with Crippen LogP contribution in [0.25, 0.3) is 0 Å². The van der Waals surface area contributed by atoms with E-state index in [2.05, 4.69) is 19.1 Å². The number of rotatable bonds is 4. The highest BCUT2D eigenvalue weighted by molar-refractivity contribution is 5.96. The fraction of sp³-hybridized carbons (Fsp3) is 0.357. The summed E-state index contributed by atoms with van der Waals surface area (Å²) in [6, 6.07) is 0. The summed E-state index contributed by atoms with van der Waals surface area (Å²) < 4.78 is 0. The van der Waals surface area contributed by atoms with E-state index < -0.39 is 0 Å². The second-order valence-electron chi connectivity index (χ2n) is 3.74. The lowest BCUT2D eigenvalue weighted by atomic mass is 10.0. The zero-order valence-electron chi connectivity index (χ0n) is 9.49. The summed E-state index contributed by atoms with van der Waals surface area (Å²) in [6.07, 6.45) is 15.4. The smallest absolute Gasteiger partial charge is 0.159 e. The molecule has 1 aliphatic carbocycles. The summed E-state index contributed by atoms with van der Waals surface area (Å²) >= 11 is 0. The Kier molecular flexibility index (Phi) is 4.82. The van der Waals surface area contributed by atoms with Crippen LogP contribution in [0.2, 0.25) is 0 Å². The average Bonchev–Trinajstić information content (AvgIpc) is 2.15. The fourth-order valence-corrected chi connectivity index (χ4v) is 1.44. The van der Waals surface area contributed by atoms with Crippen molar-refractivity contribution in [2.75, 3.05) is 0 Å². The van der Waals surface area contributed by atoms with Gasteiger partial charge in [0.1, 0.15) is 0 Å². The van der Waals surface area contributed by atoms with E-state index >= 15 is 0 Å². The molecule has 80 valence electrons. The number of hydrogen-bond acceptors (Lipinski definition) is 1. The van der Waals surface area contributed by atoms with Gasteiger partial charge in [0.25, 0.3) is 0 Å². The number of carbonyl (C=O) groups excluding carboxylic acids is 1. The van der Waals surface area contributed by atoms with Gasteiger partial charge in [0.2, 0.25) is 0 Å². The molecule has 0 amide bonds. The molecule has 0 heterocycles. The second-order valence-corrected chi connectivity index (χ2v) is 3.74. The Morgan fingerprint density at radius 2 is 1.93 bits per heavy atom. The molecule has 0 N–H and O–H groups in total. The van der Waals surface area contributed by atoms with Crippen molar-refractivity contribution in [3.8, 4) is 0 Å². The van der Waals surface area contributed by atoms with Crippen LogP contribution >= 0.6 is 0 Å². The highest BCUT2D eigenvalue weighted by Crippen LogP contribution is 2.12. The summed E-state index contributed by atoms with van der Waals surface area (Å²) in [7, 11) is 0. The molecule has 0 radical (unpaired) electrons. The molecule has 1 rings (SSSR count). The van der Waals surface area contributed by atoms with E-state index in [9.17, 15) is 4.79 Å². The lowest BCUT2D eigenvalue weighted by Gasteiger charge is -2.01. The Hall–Kier alpha value is -1.37. The van der Waals surface area contributed by atoms with Gasteiger partial charge in [-0.05, 0) is 25.3 Å². The molecule has 0 saturated heterocycles. The summed E-state index contributed by atoms with van der Waals surface area (Å²) in [5, 5.41) is 0. The van der Waals surface area contributed by atoms with Gasteiger partial charge >= 0.3 is 0 Å². The molecule has 1 nitrogen and oxygen atoms in total. The quantitative estimate of drug-likeness (QED) is 0.678. The van der Waals surface area contributed by atoms with Crippen molar-refractivity contribution in [2.45, 2.75) is 33.1 Å². The summed E-state index contributed by atoms with van der Waals surface area (Å²) in [6.45, 7) is 3.78. The molecule has 0 aliphatic heterocycles. The minimum Gasteiger partial charge on any atom is -0.295 e. The first kappa shape index (κ1) is 11.7. The Balaban J connectivity index is 2.68. The summed E-state index contributed by atoms with van der Waals surface area (Å²) in [5.74, 6) is 0.112. The topological polar surface area (TPSA) is 17.1 Å². The van der Waals surface area contributed by atoms with Gasteiger partial charge in [-0.15, -0.1) is 0 Å². The third-order valence-electron chi connectivity index (χ3n) is 2.40. The number of hydrogen-bond donors (Lipinski definition) is 0. The van der Waals surface area contributed by atoms with Crippen molar-refractivity contribution >= 4 is 5.78 Å². The molecule has 0 aromatic heterocycles. The van der Waals surface area contributed by atoms with E-state index in [1.807, 2.05) is 24.3 Å². The molecule has 0 unspecified atom stereocenters. The SMILES string of the molecule is CCCCC1=C/C=C\C(C(C)=O)=C/C=C\1. The summed E-state index contributed by atoms with van der Waals surface area (Å²) in [4.78, 5) is 11.1. The van der Waals surface area contributed by atoms with Crippen molar-refractivity contribution in [3.63, 3.8) is 0 Å². The highest BCUT2D eigenvalue weighted by Gasteiger charge is 1.98. The Labute approximate surface area is 91.9 Å². The van der Waals surface area contributed by atoms with E-state index in [0.717, 1.165) is 12.0 Å². The van der Waals surface area contributed by atoms with Gasteiger partial charge in [0, 0.05) is 5.57 Å². The van der Waals surface area contributed by atoms with Gasteiger partial charge < -0.3 is 0 Å². The summed E-state index contributed by atoms with van der Waals surface area (Å²) in [5.41, 5.74) is 2.09.